The van der Waals surface area contributed by atoms with E-state index in [0.29, 0.717) is 28.8 Å². The van der Waals surface area contributed by atoms with Gasteiger partial charge in [-0.2, -0.15) is 0 Å². The molecule has 4 aromatic rings. The second-order valence-electron chi connectivity index (χ2n) is 9.21. The van der Waals surface area contributed by atoms with Gasteiger partial charge in [-0.25, -0.2) is 14.4 Å². The van der Waals surface area contributed by atoms with E-state index in [-0.39, 0.29) is 11.7 Å². The summed E-state index contributed by atoms with van der Waals surface area (Å²) in [6, 6.07) is 13.7. The fourth-order valence-corrected chi connectivity index (χ4v) is 4.53. The number of imidazole rings is 1. The Hall–Kier alpha value is -4.70. The summed E-state index contributed by atoms with van der Waals surface area (Å²) in [5.41, 5.74) is 3.78. The fourth-order valence-electron chi connectivity index (χ4n) is 4.53. The monoisotopic (exact) mass is 527 g/mol. The summed E-state index contributed by atoms with van der Waals surface area (Å²) < 4.78 is 21.1. The molecule has 2 aromatic heterocycles. The Morgan fingerprint density at radius 2 is 1.79 bits per heavy atom. The number of nitrogens with zero attached hydrogens (tertiary/aromatic N) is 5. The molecule has 0 bridgehead atoms. The van der Waals surface area contributed by atoms with Crippen molar-refractivity contribution in [3.05, 3.63) is 85.6 Å². The summed E-state index contributed by atoms with van der Waals surface area (Å²) in [6.45, 7) is 7.08. The van der Waals surface area contributed by atoms with Crippen LogP contribution in [0, 0.1) is 5.82 Å². The summed E-state index contributed by atoms with van der Waals surface area (Å²) in [4.78, 5) is 25.7. The third-order valence-electron chi connectivity index (χ3n) is 6.63. The molecule has 0 radical (unpaired) electrons. The Balaban J connectivity index is 1.48. The van der Waals surface area contributed by atoms with Crippen molar-refractivity contribution in [1.29, 1.82) is 0 Å². The summed E-state index contributed by atoms with van der Waals surface area (Å²) >= 11 is 0. The van der Waals surface area contributed by atoms with Crippen molar-refractivity contribution in [2.45, 2.75) is 0 Å². The van der Waals surface area contributed by atoms with Crippen LogP contribution in [0.2, 0.25) is 0 Å². The maximum absolute atomic E-state index is 13.5. The highest BCUT2D eigenvalue weighted by Gasteiger charge is 2.21. The van der Waals surface area contributed by atoms with Gasteiger partial charge in [0.2, 0.25) is 5.91 Å². The van der Waals surface area contributed by atoms with E-state index < -0.39 is 0 Å². The number of anilines is 4. The predicted octanol–water partition coefficient (Wildman–Crippen LogP) is 4.70. The van der Waals surface area contributed by atoms with Crippen LogP contribution < -0.4 is 20.3 Å². The lowest BCUT2D eigenvalue weighted by atomic mass is 10.1. The molecular formula is C29H30FN7O2. The summed E-state index contributed by atoms with van der Waals surface area (Å²) in [5, 5.41) is 6.28. The number of hydrogen-bond donors (Lipinski definition) is 2. The Morgan fingerprint density at radius 1 is 1.03 bits per heavy atom. The molecule has 39 heavy (non-hydrogen) atoms. The summed E-state index contributed by atoms with van der Waals surface area (Å²) in [7, 11) is 3.71. The van der Waals surface area contributed by atoms with E-state index in [9.17, 15) is 9.18 Å². The predicted molar refractivity (Wildman–Crippen MR) is 152 cm³/mol. The minimum Gasteiger partial charge on any atom is -0.494 e. The molecular weight excluding hydrogens is 497 g/mol. The number of benzene rings is 2. The number of carbonyl (C=O) groups excluding carboxylic acids is 1. The molecule has 0 atom stereocenters. The van der Waals surface area contributed by atoms with Crippen molar-refractivity contribution in [2.24, 2.45) is 0 Å². The van der Waals surface area contributed by atoms with Crippen LogP contribution in [0.1, 0.15) is 0 Å². The van der Waals surface area contributed by atoms with Gasteiger partial charge in [0.15, 0.2) is 0 Å². The van der Waals surface area contributed by atoms with Crippen LogP contribution in [-0.2, 0) is 4.79 Å². The second kappa shape index (κ2) is 11.4. The standard InChI is InChI=1S/C29H30FN7O2/c1-4-28(38)34-23-18-24(26(39-3)19-25(23)36-15-13-35(2)14-16-36)33-27-17-22(9-10-31-27)37-12-11-32-29(37)20-5-7-21(30)8-6-20/h4-12,17-19H,1,13-16H2,2-3H3,(H,31,33)(H,34,38). The Labute approximate surface area is 226 Å². The molecule has 1 aliphatic rings. The fraction of sp³-hybridized carbons (Fsp3) is 0.207. The van der Waals surface area contributed by atoms with Gasteiger partial charge < -0.3 is 25.2 Å². The number of amides is 1. The first-order chi connectivity index (χ1) is 18.9. The number of aromatic nitrogens is 3. The highest BCUT2D eigenvalue weighted by molar-refractivity contribution is 6.02. The Kier molecular flexibility index (Phi) is 7.55. The van der Waals surface area contributed by atoms with E-state index in [2.05, 4.69) is 44.0 Å². The molecule has 5 rings (SSSR count). The molecule has 0 spiro atoms. The molecule has 200 valence electrons. The van der Waals surface area contributed by atoms with Gasteiger partial charge in [0, 0.05) is 62.5 Å². The number of carbonyl (C=O) groups is 1. The largest absolute Gasteiger partial charge is 0.494 e. The molecule has 3 heterocycles. The number of halogens is 1. The second-order valence-corrected chi connectivity index (χ2v) is 9.21. The Bertz CT molecular complexity index is 1480. The third-order valence-corrected chi connectivity index (χ3v) is 6.63. The SMILES string of the molecule is C=CC(=O)Nc1cc(Nc2cc(-n3ccnc3-c3ccc(F)cc3)ccn2)c(OC)cc1N1CCN(C)CC1. The zero-order chi connectivity index (χ0) is 27.4. The van der Waals surface area contributed by atoms with Crippen LogP contribution >= 0.6 is 0 Å². The molecule has 1 amide bonds. The molecule has 1 aliphatic heterocycles. The lowest BCUT2D eigenvalue weighted by Gasteiger charge is -2.35. The van der Waals surface area contributed by atoms with Gasteiger partial charge in [-0.1, -0.05) is 6.58 Å². The molecule has 2 N–H and O–H groups in total. The van der Waals surface area contributed by atoms with Gasteiger partial charge in [0.1, 0.15) is 23.2 Å². The molecule has 10 heteroatoms. The van der Waals surface area contributed by atoms with Crippen molar-refractivity contribution in [2.75, 3.05) is 55.9 Å². The van der Waals surface area contributed by atoms with Crippen molar-refractivity contribution in [1.82, 2.24) is 19.4 Å². The highest BCUT2D eigenvalue weighted by atomic mass is 19.1. The zero-order valence-electron chi connectivity index (χ0n) is 21.9. The maximum Gasteiger partial charge on any atom is 0.247 e. The minimum absolute atomic E-state index is 0.296. The number of likely N-dealkylation sites (N-methyl/N-ethyl adjacent to an activating group) is 1. The molecule has 9 nitrogen and oxygen atoms in total. The van der Waals surface area contributed by atoms with E-state index in [4.69, 9.17) is 4.74 Å². The maximum atomic E-state index is 13.5. The van der Waals surface area contributed by atoms with Crippen LogP contribution in [0.3, 0.4) is 0 Å². The molecule has 2 aromatic carbocycles. The van der Waals surface area contributed by atoms with E-state index in [0.717, 1.165) is 43.1 Å². The zero-order valence-corrected chi connectivity index (χ0v) is 21.9. The van der Waals surface area contributed by atoms with Crippen molar-refractivity contribution in [3.63, 3.8) is 0 Å². The number of piperazine rings is 1. The highest BCUT2D eigenvalue weighted by Crippen LogP contribution is 2.39. The molecule has 0 unspecified atom stereocenters. The van der Waals surface area contributed by atoms with Crippen molar-refractivity contribution in [3.8, 4) is 22.8 Å². The molecule has 0 aliphatic carbocycles. The van der Waals surface area contributed by atoms with E-state index in [1.54, 1.807) is 31.6 Å². The number of rotatable bonds is 8. The lowest BCUT2D eigenvalue weighted by Crippen LogP contribution is -2.44. The molecule has 1 saturated heterocycles. The van der Waals surface area contributed by atoms with Crippen LogP contribution in [-0.4, -0.2) is 65.7 Å². The van der Waals surface area contributed by atoms with Gasteiger partial charge in [-0.05, 0) is 49.5 Å². The van der Waals surface area contributed by atoms with Crippen LogP contribution in [0.4, 0.5) is 27.3 Å². The third kappa shape index (κ3) is 5.75. The summed E-state index contributed by atoms with van der Waals surface area (Å²) in [5.74, 6) is 1.26. The lowest BCUT2D eigenvalue weighted by molar-refractivity contribution is -0.111. The topological polar surface area (TPSA) is 87.5 Å². The van der Waals surface area contributed by atoms with E-state index >= 15 is 0 Å². The van der Waals surface area contributed by atoms with Gasteiger partial charge in [-0.15, -0.1) is 0 Å². The van der Waals surface area contributed by atoms with Crippen LogP contribution in [0.25, 0.3) is 17.1 Å². The van der Waals surface area contributed by atoms with Gasteiger partial charge in [0.05, 0.1) is 29.9 Å². The first kappa shape index (κ1) is 25.9. The van der Waals surface area contributed by atoms with E-state index in [1.165, 1.54) is 18.2 Å². The molecule has 1 fully saturated rings. The number of hydrogen-bond acceptors (Lipinski definition) is 7. The van der Waals surface area contributed by atoms with Crippen LogP contribution in [0.5, 0.6) is 5.75 Å². The Morgan fingerprint density at radius 3 is 2.51 bits per heavy atom. The van der Waals surface area contributed by atoms with E-state index in [1.807, 2.05) is 35.0 Å². The first-order valence-corrected chi connectivity index (χ1v) is 12.6. The van der Waals surface area contributed by atoms with Gasteiger partial charge in [-0.3, -0.25) is 9.36 Å². The number of pyridine rings is 1. The first-order valence-electron chi connectivity index (χ1n) is 12.6. The van der Waals surface area contributed by atoms with Crippen molar-refractivity contribution >= 4 is 28.8 Å². The number of nitrogens with one attached hydrogen (secondary N) is 2. The number of methoxy groups -OCH3 is 1. The van der Waals surface area contributed by atoms with Gasteiger partial charge in [0.25, 0.3) is 0 Å². The van der Waals surface area contributed by atoms with Gasteiger partial charge >= 0.3 is 0 Å². The van der Waals surface area contributed by atoms with Crippen molar-refractivity contribution < 1.29 is 13.9 Å². The smallest absolute Gasteiger partial charge is 0.247 e. The average molecular weight is 528 g/mol. The normalized spacial score (nSPS) is 13.7. The quantitative estimate of drug-likeness (QED) is 0.321. The number of ether oxygens (including phenoxy) is 1. The average Bonchev–Trinajstić information content (AvgIpc) is 3.44. The van der Waals surface area contributed by atoms with Crippen LogP contribution in [0.15, 0.2) is 79.8 Å². The molecule has 0 saturated carbocycles. The summed E-state index contributed by atoms with van der Waals surface area (Å²) in [6.07, 6.45) is 6.48. The minimum atomic E-state index is -0.302.